The van der Waals surface area contributed by atoms with Crippen LogP contribution in [-0.2, 0) is 22.7 Å². The first-order valence-electron chi connectivity index (χ1n) is 8.45. The molecule has 0 fully saturated rings. The normalized spacial score (nSPS) is 15.4. The second kappa shape index (κ2) is 7.36. The summed E-state index contributed by atoms with van der Waals surface area (Å²) in [7, 11) is -3.51. The van der Waals surface area contributed by atoms with Gasteiger partial charge in [-0.3, -0.25) is 4.72 Å². The third-order valence-corrected chi connectivity index (χ3v) is 6.49. The molecule has 30 heavy (non-hydrogen) atoms. The Balaban J connectivity index is 1.64. The molecule has 3 aromatic rings. The molecule has 0 amide bonds. The monoisotopic (exact) mass is 477 g/mol. The second-order valence-corrected chi connectivity index (χ2v) is 8.99. The van der Waals surface area contributed by atoms with Crippen molar-refractivity contribution in [2.45, 2.75) is 12.7 Å². The van der Waals surface area contributed by atoms with Crippen LogP contribution in [0.5, 0.6) is 11.6 Å². The number of benzene rings is 1. The average Bonchev–Trinajstić information content (AvgIpc) is 2.91. The molecule has 1 aromatic carbocycles. The van der Waals surface area contributed by atoms with E-state index in [4.69, 9.17) is 27.9 Å². The highest BCUT2D eigenvalue weighted by Gasteiger charge is 2.31. The predicted molar refractivity (Wildman–Crippen MR) is 107 cm³/mol. The van der Waals surface area contributed by atoms with Crippen LogP contribution < -0.4 is 9.46 Å². The molecule has 0 bridgehead atoms. The van der Waals surface area contributed by atoms with Gasteiger partial charge in [0.05, 0.1) is 16.3 Å². The fourth-order valence-corrected chi connectivity index (χ4v) is 4.60. The Morgan fingerprint density at radius 2 is 1.83 bits per heavy atom. The van der Waals surface area contributed by atoms with Gasteiger partial charge in [-0.1, -0.05) is 35.3 Å². The number of anilines is 1. The molecule has 1 N–H and O–H groups in total. The van der Waals surface area contributed by atoms with E-state index >= 15 is 0 Å². The molecular weight excluding hydrogens is 466 g/mol. The van der Waals surface area contributed by atoms with E-state index in [1.54, 1.807) is 16.7 Å². The summed E-state index contributed by atoms with van der Waals surface area (Å²) in [6, 6.07) is 7.82. The lowest BCUT2D eigenvalue weighted by Gasteiger charge is -2.19. The standard InChI is InChI=1S/C18H12Cl2F3N3O3S/c19-15-14(17-25-30(27,28)8-7-26(17)16(15)20)10-1-3-12(4-2-10)29-13-9-11(5-6-24-13)18(21,22)23/h1-6,9,25H,7-8H2. The summed E-state index contributed by atoms with van der Waals surface area (Å²) >= 11 is 12.6. The number of nitrogens with zero attached hydrogens (tertiary/aromatic N) is 2. The van der Waals surface area contributed by atoms with Crippen LogP contribution in [0.1, 0.15) is 5.56 Å². The second-order valence-electron chi connectivity index (χ2n) is 6.41. The maximum Gasteiger partial charge on any atom is 0.416 e. The van der Waals surface area contributed by atoms with E-state index in [0.29, 0.717) is 11.1 Å². The Kier molecular flexibility index (Phi) is 5.11. The van der Waals surface area contributed by atoms with Crippen molar-refractivity contribution in [2.24, 2.45) is 0 Å². The van der Waals surface area contributed by atoms with E-state index in [2.05, 4.69) is 9.71 Å². The van der Waals surface area contributed by atoms with Crippen molar-refractivity contribution in [2.75, 3.05) is 10.5 Å². The summed E-state index contributed by atoms with van der Waals surface area (Å²) in [6.45, 7) is 0.158. The van der Waals surface area contributed by atoms with Gasteiger partial charge < -0.3 is 9.30 Å². The molecule has 1 aliphatic rings. The molecule has 0 atom stereocenters. The molecule has 158 valence electrons. The number of rotatable bonds is 3. The Morgan fingerprint density at radius 3 is 2.50 bits per heavy atom. The van der Waals surface area contributed by atoms with E-state index in [9.17, 15) is 21.6 Å². The zero-order chi connectivity index (χ0) is 21.7. The van der Waals surface area contributed by atoms with Crippen LogP contribution in [0.3, 0.4) is 0 Å². The molecule has 0 aliphatic carbocycles. The fourth-order valence-electron chi connectivity index (χ4n) is 3.00. The lowest BCUT2D eigenvalue weighted by Crippen LogP contribution is -2.27. The van der Waals surface area contributed by atoms with Crippen LogP contribution in [0, 0.1) is 0 Å². The van der Waals surface area contributed by atoms with E-state index < -0.39 is 21.8 Å². The number of sulfonamides is 1. The van der Waals surface area contributed by atoms with Gasteiger partial charge in [-0.25, -0.2) is 13.4 Å². The lowest BCUT2D eigenvalue weighted by atomic mass is 10.1. The Bertz CT molecular complexity index is 1230. The lowest BCUT2D eigenvalue weighted by molar-refractivity contribution is -0.137. The van der Waals surface area contributed by atoms with Crippen molar-refractivity contribution in [1.29, 1.82) is 0 Å². The molecule has 0 saturated heterocycles. The zero-order valence-corrected chi connectivity index (χ0v) is 17.2. The molecule has 3 heterocycles. The number of fused-ring (bicyclic) bond motifs is 1. The van der Waals surface area contributed by atoms with Crippen molar-refractivity contribution < 1.29 is 26.3 Å². The van der Waals surface area contributed by atoms with Gasteiger partial charge in [-0.05, 0) is 23.8 Å². The molecule has 0 spiro atoms. The van der Waals surface area contributed by atoms with Crippen LogP contribution in [0.25, 0.3) is 11.1 Å². The SMILES string of the molecule is O=S1(=O)CCn2c(Cl)c(Cl)c(-c3ccc(Oc4cc(C(F)(F)F)ccn4)cc3)c2N1. The summed E-state index contributed by atoms with van der Waals surface area (Å²) in [5, 5.41) is 0.391. The first kappa shape index (κ1) is 20.8. The number of aromatic nitrogens is 2. The minimum atomic E-state index is -4.51. The summed E-state index contributed by atoms with van der Waals surface area (Å²) in [6.07, 6.45) is -3.50. The average molecular weight is 478 g/mol. The predicted octanol–water partition coefficient (Wildman–Crippen LogP) is 5.42. The zero-order valence-electron chi connectivity index (χ0n) is 14.9. The Morgan fingerprint density at radius 1 is 1.13 bits per heavy atom. The topological polar surface area (TPSA) is 73.2 Å². The van der Waals surface area contributed by atoms with Gasteiger partial charge in [0.2, 0.25) is 15.9 Å². The maximum absolute atomic E-state index is 12.8. The summed E-state index contributed by atoms with van der Waals surface area (Å²) in [4.78, 5) is 3.78. The molecule has 0 unspecified atom stereocenters. The van der Waals surface area contributed by atoms with Crippen LogP contribution >= 0.6 is 23.2 Å². The molecule has 0 radical (unpaired) electrons. The van der Waals surface area contributed by atoms with Crippen molar-refractivity contribution in [1.82, 2.24) is 9.55 Å². The van der Waals surface area contributed by atoms with E-state index in [0.717, 1.165) is 18.3 Å². The largest absolute Gasteiger partial charge is 0.439 e. The highest BCUT2D eigenvalue weighted by molar-refractivity contribution is 7.92. The number of hydrogen-bond acceptors (Lipinski definition) is 4. The highest BCUT2D eigenvalue weighted by atomic mass is 35.5. The quantitative estimate of drug-likeness (QED) is 0.546. The van der Waals surface area contributed by atoms with E-state index in [1.165, 1.54) is 12.1 Å². The highest BCUT2D eigenvalue weighted by Crippen LogP contribution is 2.44. The number of ether oxygens (including phenoxy) is 1. The number of hydrogen-bond donors (Lipinski definition) is 1. The molecule has 0 saturated carbocycles. The van der Waals surface area contributed by atoms with E-state index in [-0.39, 0.29) is 39.9 Å². The van der Waals surface area contributed by atoms with Gasteiger partial charge in [0, 0.05) is 24.4 Å². The third-order valence-electron chi connectivity index (χ3n) is 4.41. The van der Waals surface area contributed by atoms with Crippen molar-refractivity contribution in [3.63, 3.8) is 0 Å². The van der Waals surface area contributed by atoms with Crippen LogP contribution in [-0.4, -0.2) is 23.7 Å². The first-order valence-corrected chi connectivity index (χ1v) is 10.9. The van der Waals surface area contributed by atoms with Gasteiger partial charge in [0.1, 0.15) is 16.7 Å². The summed E-state index contributed by atoms with van der Waals surface area (Å²) < 4.78 is 71.8. The summed E-state index contributed by atoms with van der Waals surface area (Å²) in [5.74, 6) is 0.152. The molecule has 6 nitrogen and oxygen atoms in total. The summed E-state index contributed by atoms with van der Waals surface area (Å²) in [5.41, 5.74) is 0.0663. The Labute approximate surface area is 179 Å². The maximum atomic E-state index is 12.8. The van der Waals surface area contributed by atoms with Gasteiger partial charge in [-0.15, -0.1) is 0 Å². The number of halogens is 5. The minimum absolute atomic E-state index is 0.124. The number of pyridine rings is 1. The van der Waals surface area contributed by atoms with Crippen molar-refractivity contribution >= 4 is 39.0 Å². The van der Waals surface area contributed by atoms with Gasteiger partial charge >= 0.3 is 6.18 Å². The van der Waals surface area contributed by atoms with Crippen LogP contribution in [0.2, 0.25) is 10.2 Å². The van der Waals surface area contributed by atoms with Crippen LogP contribution in [0.15, 0.2) is 42.6 Å². The minimum Gasteiger partial charge on any atom is -0.439 e. The molecule has 4 rings (SSSR count). The third kappa shape index (κ3) is 3.94. The number of nitrogens with one attached hydrogen (secondary N) is 1. The smallest absolute Gasteiger partial charge is 0.416 e. The van der Waals surface area contributed by atoms with Crippen LogP contribution in [0.4, 0.5) is 19.0 Å². The van der Waals surface area contributed by atoms with Crippen molar-refractivity contribution in [3.8, 4) is 22.8 Å². The van der Waals surface area contributed by atoms with Gasteiger partial charge in [0.25, 0.3) is 0 Å². The molecule has 12 heteroatoms. The number of alkyl halides is 3. The first-order chi connectivity index (χ1) is 14.0. The van der Waals surface area contributed by atoms with Crippen molar-refractivity contribution in [3.05, 3.63) is 58.3 Å². The molecule has 2 aromatic heterocycles. The van der Waals surface area contributed by atoms with Gasteiger partial charge in [-0.2, -0.15) is 13.2 Å². The Hall–Kier alpha value is -2.43. The van der Waals surface area contributed by atoms with Gasteiger partial charge in [0.15, 0.2) is 0 Å². The molecular formula is C18H12Cl2F3N3O3S. The molecule has 1 aliphatic heterocycles. The fraction of sp³-hybridized carbons (Fsp3) is 0.167. The van der Waals surface area contributed by atoms with E-state index in [1.807, 2.05) is 0 Å².